The lowest BCUT2D eigenvalue weighted by Crippen LogP contribution is -2.12. The van der Waals surface area contributed by atoms with Crippen LogP contribution in [-0.4, -0.2) is 15.6 Å². The number of benzene rings is 1. The summed E-state index contributed by atoms with van der Waals surface area (Å²) in [6.45, 7) is 1.89. The lowest BCUT2D eigenvalue weighted by molar-refractivity contribution is 0.0978. The van der Waals surface area contributed by atoms with Gasteiger partial charge < -0.3 is 0 Å². The molecule has 4 nitrogen and oxygen atoms in total. The minimum absolute atomic E-state index is 0.344. The van der Waals surface area contributed by atoms with Crippen LogP contribution in [0.3, 0.4) is 0 Å². The van der Waals surface area contributed by atoms with Crippen LogP contribution in [0.4, 0.5) is 4.39 Å². The minimum atomic E-state index is -1.01. The number of aryl methyl sites for hydroxylation is 2. The number of hydrogen-bond donors (Lipinski definition) is 0. The fourth-order valence-corrected chi connectivity index (χ4v) is 2.13. The molecular formula is C15H14FN3O. The number of aromatic nitrogens is 2. The molecule has 1 unspecified atom stereocenters. The SMILES string of the molecule is CCc1nn(C)cc1C(=O)C(C#N)c1cccc(F)c1. The van der Waals surface area contributed by atoms with Crippen LogP contribution in [0.2, 0.25) is 0 Å². The van der Waals surface area contributed by atoms with E-state index in [1.165, 1.54) is 18.2 Å². The minimum Gasteiger partial charge on any atom is -0.292 e. The number of halogens is 1. The van der Waals surface area contributed by atoms with Gasteiger partial charge in [-0.15, -0.1) is 0 Å². The Morgan fingerprint density at radius 2 is 2.30 bits per heavy atom. The summed E-state index contributed by atoms with van der Waals surface area (Å²) in [4.78, 5) is 12.5. The van der Waals surface area contributed by atoms with Gasteiger partial charge in [0.05, 0.1) is 17.3 Å². The van der Waals surface area contributed by atoms with Crippen LogP contribution < -0.4 is 0 Å². The van der Waals surface area contributed by atoms with Gasteiger partial charge in [-0.2, -0.15) is 10.4 Å². The van der Waals surface area contributed by atoms with Crippen LogP contribution in [0, 0.1) is 17.1 Å². The van der Waals surface area contributed by atoms with E-state index in [1.54, 1.807) is 24.0 Å². The zero-order chi connectivity index (χ0) is 14.7. The summed E-state index contributed by atoms with van der Waals surface area (Å²) in [5.41, 5.74) is 1.43. The van der Waals surface area contributed by atoms with E-state index in [0.717, 1.165) is 0 Å². The molecule has 2 rings (SSSR count). The van der Waals surface area contributed by atoms with E-state index >= 15 is 0 Å². The summed E-state index contributed by atoms with van der Waals surface area (Å²) in [5.74, 6) is -1.82. The van der Waals surface area contributed by atoms with Crippen LogP contribution in [0.25, 0.3) is 0 Å². The van der Waals surface area contributed by atoms with E-state index in [-0.39, 0.29) is 5.78 Å². The second-order valence-corrected chi connectivity index (χ2v) is 4.50. The largest absolute Gasteiger partial charge is 0.292 e. The summed E-state index contributed by atoms with van der Waals surface area (Å²) < 4.78 is 14.8. The fraction of sp³-hybridized carbons (Fsp3) is 0.267. The summed E-state index contributed by atoms with van der Waals surface area (Å²) >= 11 is 0. The van der Waals surface area contributed by atoms with Crippen molar-refractivity contribution in [3.63, 3.8) is 0 Å². The zero-order valence-electron chi connectivity index (χ0n) is 11.3. The third-order valence-corrected chi connectivity index (χ3v) is 3.08. The van der Waals surface area contributed by atoms with E-state index in [4.69, 9.17) is 0 Å². The molecule has 0 fully saturated rings. The van der Waals surface area contributed by atoms with Crippen LogP contribution >= 0.6 is 0 Å². The van der Waals surface area contributed by atoms with Gasteiger partial charge >= 0.3 is 0 Å². The van der Waals surface area contributed by atoms with Gasteiger partial charge in [-0.3, -0.25) is 9.48 Å². The van der Waals surface area contributed by atoms with Crippen molar-refractivity contribution in [3.05, 3.63) is 53.1 Å². The predicted octanol–water partition coefficient (Wildman–Crippen LogP) is 2.61. The quantitative estimate of drug-likeness (QED) is 0.803. The molecule has 102 valence electrons. The van der Waals surface area contributed by atoms with Gasteiger partial charge in [0.2, 0.25) is 0 Å². The van der Waals surface area contributed by atoms with Gasteiger partial charge in [-0.05, 0) is 24.1 Å². The van der Waals surface area contributed by atoms with Crippen molar-refractivity contribution in [1.29, 1.82) is 5.26 Å². The third-order valence-electron chi connectivity index (χ3n) is 3.08. The molecule has 0 aliphatic rings. The fourth-order valence-electron chi connectivity index (χ4n) is 2.13. The molecule has 1 atom stereocenters. The Hall–Kier alpha value is -2.48. The first-order chi connectivity index (χ1) is 9.56. The van der Waals surface area contributed by atoms with Crippen molar-refractivity contribution in [3.8, 4) is 6.07 Å². The molecule has 0 aliphatic heterocycles. The Bertz CT molecular complexity index is 685. The Labute approximate surface area is 116 Å². The number of hydrogen-bond acceptors (Lipinski definition) is 3. The Morgan fingerprint density at radius 1 is 1.55 bits per heavy atom. The van der Waals surface area contributed by atoms with Crippen molar-refractivity contribution in [1.82, 2.24) is 9.78 Å². The smallest absolute Gasteiger partial charge is 0.187 e. The number of carbonyl (C=O) groups excluding carboxylic acids is 1. The standard InChI is InChI=1S/C15H14FN3O/c1-3-14-13(9-19(2)18-14)15(20)12(8-17)10-5-4-6-11(16)7-10/h4-7,9,12H,3H2,1-2H3. The zero-order valence-corrected chi connectivity index (χ0v) is 11.3. The van der Waals surface area contributed by atoms with Gasteiger partial charge in [0.25, 0.3) is 0 Å². The molecule has 0 bridgehead atoms. The van der Waals surface area contributed by atoms with Crippen LogP contribution in [-0.2, 0) is 13.5 Å². The van der Waals surface area contributed by atoms with Crippen molar-refractivity contribution in [2.24, 2.45) is 7.05 Å². The lowest BCUT2D eigenvalue weighted by Gasteiger charge is -2.08. The highest BCUT2D eigenvalue weighted by Gasteiger charge is 2.25. The molecule has 0 saturated heterocycles. The van der Waals surface area contributed by atoms with Gasteiger partial charge in [0.15, 0.2) is 5.78 Å². The number of carbonyl (C=O) groups is 1. The molecule has 0 N–H and O–H groups in total. The van der Waals surface area contributed by atoms with Crippen LogP contribution in [0.15, 0.2) is 30.5 Å². The summed E-state index contributed by atoms with van der Waals surface area (Å²) in [6, 6.07) is 7.52. The van der Waals surface area contributed by atoms with Crippen LogP contribution in [0.1, 0.15) is 34.5 Å². The maximum Gasteiger partial charge on any atom is 0.187 e. The molecule has 0 aliphatic carbocycles. The Morgan fingerprint density at radius 3 is 2.90 bits per heavy atom. The van der Waals surface area contributed by atoms with E-state index < -0.39 is 11.7 Å². The van der Waals surface area contributed by atoms with Crippen molar-refractivity contribution in [2.45, 2.75) is 19.3 Å². The molecule has 0 saturated carbocycles. The first-order valence-corrected chi connectivity index (χ1v) is 6.28. The van der Waals surface area contributed by atoms with Crippen LogP contribution in [0.5, 0.6) is 0 Å². The van der Waals surface area contributed by atoms with Crippen molar-refractivity contribution < 1.29 is 9.18 Å². The number of Topliss-reactive ketones (excluding diaryl/α,β-unsaturated/α-hetero) is 1. The maximum absolute atomic E-state index is 13.2. The lowest BCUT2D eigenvalue weighted by atomic mass is 9.91. The maximum atomic E-state index is 13.2. The molecular weight excluding hydrogens is 257 g/mol. The second-order valence-electron chi connectivity index (χ2n) is 4.50. The molecule has 0 radical (unpaired) electrons. The van der Waals surface area contributed by atoms with Gasteiger partial charge in [0, 0.05) is 13.2 Å². The average molecular weight is 271 g/mol. The molecule has 20 heavy (non-hydrogen) atoms. The highest BCUT2D eigenvalue weighted by molar-refractivity contribution is 6.03. The van der Waals surface area contributed by atoms with Gasteiger partial charge in [0.1, 0.15) is 11.7 Å². The van der Waals surface area contributed by atoms with Crippen molar-refractivity contribution >= 4 is 5.78 Å². The number of nitrogens with zero attached hydrogens (tertiary/aromatic N) is 3. The molecule has 5 heteroatoms. The van der Waals surface area contributed by atoms with E-state index in [2.05, 4.69) is 5.10 Å². The average Bonchev–Trinajstić information content (AvgIpc) is 2.81. The monoisotopic (exact) mass is 271 g/mol. The molecule has 0 spiro atoms. The van der Waals surface area contributed by atoms with Gasteiger partial charge in [-0.1, -0.05) is 19.1 Å². The summed E-state index contributed by atoms with van der Waals surface area (Å²) in [7, 11) is 1.72. The first kappa shape index (κ1) is 13.9. The number of ketones is 1. The number of rotatable bonds is 4. The first-order valence-electron chi connectivity index (χ1n) is 6.28. The summed E-state index contributed by atoms with van der Waals surface area (Å²) in [5, 5.41) is 13.4. The molecule has 0 amide bonds. The highest BCUT2D eigenvalue weighted by atomic mass is 19.1. The second kappa shape index (κ2) is 5.66. The Balaban J connectivity index is 2.42. The van der Waals surface area contributed by atoms with Crippen molar-refractivity contribution in [2.75, 3.05) is 0 Å². The topological polar surface area (TPSA) is 58.7 Å². The Kier molecular flexibility index (Phi) is 3.94. The third kappa shape index (κ3) is 2.59. The van der Waals surface area contributed by atoms with Gasteiger partial charge in [-0.25, -0.2) is 4.39 Å². The molecule has 1 aromatic heterocycles. The van der Waals surface area contributed by atoms with E-state index in [0.29, 0.717) is 23.2 Å². The molecule has 1 aromatic carbocycles. The summed E-state index contributed by atoms with van der Waals surface area (Å²) in [6.07, 6.45) is 2.20. The molecule has 2 aromatic rings. The molecule has 1 heterocycles. The number of nitriles is 1. The highest BCUT2D eigenvalue weighted by Crippen LogP contribution is 2.23. The predicted molar refractivity (Wildman–Crippen MR) is 71.7 cm³/mol. The van der Waals surface area contributed by atoms with E-state index in [1.807, 2.05) is 13.0 Å². The normalized spacial score (nSPS) is 11.9. The van der Waals surface area contributed by atoms with E-state index in [9.17, 15) is 14.4 Å².